The molecule has 3 heteroatoms. The van der Waals surface area contributed by atoms with Gasteiger partial charge in [0.05, 0.1) is 0 Å². The van der Waals surface area contributed by atoms with Crippen LogP contribution in [0.25, 0.3) is 0 Å². The Hall–Kier alpha value is -0.900. The van der Waals surface area contributed by atoms with Crippen LogP contribution in [-0.4, -0.2) is 43.2 Å². The quantitative estimate of drug-likeness (QED) is 0.879. The van der Waals surface area contributed by atoms with E-state index in [0.717, 1.165) is 25.2 Å². The highest BCUT2D eigenvalue weighted by molar-refractivity contribution is 5.15. The molecule has 0 spiro atoms. The van der Waals surface area contributed by atoms with Crippen molar-refractivity contribution in [3.8, 4) is 0 Å². The zero-order valence-electron chi connectivity index (χ0n) is 13.8. The third kappa shape index (κ3) is 4.55. The molecule has 1 aromatic carbocycles. The molecule has 0 radical (unpaired) electrons. The van der Waals surface area contributed by atoms with E-state index in [2.05, 4.69) is 45.9 Å². The van der Waals surface area contributed by atoms with E-state index >= 15 is 0 Å². The summed E-state index contributed by atoms with van der Waals surface area (Å²) in [6.45, 7) is 5.99. The summed E-state index contributed by atoms with van der Waals surface area (Å²) in [5.74, 6) is 0. The van der Waals surface area contributed by atoms with E-state index in [4.69, 9.17) is 0 Å². The fourth-order valence-corrected chi connectivity index (χ4v) is 3.99. The van der Waals surface area contributed by atoms with Crippen LogP contribution in [0.1, 0.15) is 44.1 Å². The summed E-state index contributed by atoms with van der Waals surface area (Å²) in [7, 11) is 0. The second-order valence-corrected chi connectivity index (χ2v) is 6.83. The van der Waals surface area contributed by atoms with Gasteiger partial charge in [0, 0.05) is 31.7 Å². The summed E-state index contributed by atoms with van der Waals surface area (Å²) in [5.41, 5.74) is 1.46. The molecule has 1 aliphatic carbocycles. The van der Waals surface area contributed by atoms with Crippen molar-refractivity contribution in [1.29, 1.82) is 0 Å². The van der Waals surface area contributed by atoms with Crippen LogP contribution in [0.2, 0.25) is 0 Å². The summed E-state index contributed by atoms with van der Waals surface area (Å²) in [6.07, 6.45) is 8.35. The predicted octanol–water partition coefficient (Wildman–Crippen LogP) is 2.77. The molecule has 4 rings (SSSR count). The van der Waals surface area contributed by atoms with Crippen LogP contribution in [0.3, 0.4) is 0 Å². The Morgan fingerprint density at radius 2 is 1.68 bits per heavy atom. The summed E-state index contributed by atoms with van der Waals surface area (Å²) in [6, 6.07) is 12.4. The van der Waals surface area contributed by atoms with Crippen molar-refractivity contribution in [1.82, 2.24) is 15.5 Å². The lowest BCUT2D eigenvalue weighted by atomic mass is 9.87. The average Bonchev–Trinajstić information content (AvgIpc) is 3.16. The molecule has 1 aromatic rings. The minimum absolute atomic E-state index is 0.751. The van der Waals surface area contributed by atoms with Crippen molar-refractivity contribution in [2.45, 2.75) is 57.2 Å². The molecule has 2 N–H and O–H groups in total. The van der Waals surface area contributed by atoms with Gasteiger partial charge in [-0.1, -0.05) is 43.2 Å². The molecule has 1 saturated carbocycles. The topological polar surface area (TPSA) is 27.3 Å². The van der Waals surface area contributed by atoms with Crippen molar-refractivity contribution in [2.75, 3.05) is 26.2 Å². The van der Waals surface area contributed by atoms with Crippen LogP contribution in [-0.2, 0) is 6.54 Å². The van der Waals surface area contributed by atoms with Gasteiger partial charge in [0.15, 0.2) is 0 Å². The Balaban J connectivity index is 0.000000246. The van der Waals surface area contributed by atoms with Gasteiger partial charge in [-0.2, -0.15) is 0 Å². The first kappa shape index (κ1) is 16.0. The first-order valence-electron chi connectivity index (χ1n) is 9.15. The number of fused-ring (bicyclic) bond motifs is 1. The van der Waals surface area contributed by atoms with Crippen LogP contribution in [0, 0.1) is 0 Å². The highest BCUT2D eigenvalue weighted by atomic mass is 15.2. The Morgan fingerprint density at radius 3 is 2.41 bits per heavy atom. The fourth-order valence-electron chi connectivity index (χ4n) is 3.99. The van der Waals surface area contributed by atoms with Crippen LogP contribution >= 0.6 is 0 Å². The molecule has 3 aliphatic rings. The summed E-state index contributed by atoms with van der Waals surface area (Å²) in [5, 5.41) is 6.92. The van der Waals surface area contributed by atoms with Gasteiger partial charge in [-0.25, -0.2) is 0 Å². The lowest BCUT2D eigenvalue weighted by molar-refractivity contribution is 0.0815. The second kappa shape index (κ2) is 8.66. The Kier molecular flexibility index (Phi) is 6.29. The van der Waals surface area contributed by atoms with E-state index in [1.165, 1.54) is 63.7 Å². The van der Waals surface area contributed by atoms with Gasteiger partial charge in [-0.3, -0.25) is 4.90 Å². The number of hydrogen-bond acceptors (Lipinski definition) is 3. The minimum Gasteiger partial charge on any atom is -0.317 e. The van der Waals surface area contributed by atoms with Gasteiger partial charge in [0.25, 0.3) is 0 Å². The molecular weight excluding hydrogens is 270 g/mol. The molecule has 2 aliphatic heterocycles. The van der Waals surface area contributed by atoms with Gasteiger partial charge in [-0.15, -0.1) is 0 Å². The summed E-state index contributed by atoms with van der Waals surface area (Å²) < 4.78 is 0. The molecule has 3 nitrogen and oxygen atoms in total. The summed E-state index contributed by atoms with van der Waals surface area (Å²) >= 11 is 0. The van der Waals surface area contributed by atoms with E-state index in [0.29, 0.717) is 0 Å². The Bertz CT molecular complexity index is 406. The maximum Gasteiger partial charge on any atom is 0.0253 e. The number of rotatable bonds is 2. The second-order valence-electron chi connectivity index (χ2n) is 6.83. The van der Waals surface area contributed by atoms with E-state index in [1.807, 2.05) is 0 Å². The molecule has 22 heavy (non-hydrogen) atoms. The molecule has 2 saturated heterocycles. The largest absolute Gasteiger partial charge is 0.317 e. The highest BCUT2D eigenvalue weighted by Gasteiger charge is 2.32. The number of benzene rings is 1. The molecule has 3 fully saturated rings. The predicted molar refractivity (Wildman–Crippen MR) is 93.0 cm³/mol. The number of nitrogens with zero attached hydrogens (tertiary/aromatic N) is 1. The van der Waals surface area contributed by atoms with Gasteiger partial charge < -0.3 is 10.6 Å². The number of hydrogen-bond donors (Lipinski definition) is 2. The van der Waals surface area contributed by atoms with Gasteiger partial charge in [0.1, 0.15) is 0 Å². The standard InChI is InChI=1S/C15H22N2.C4H9N/c1-2-6-13(7-3-1)12-17-11-10-16-14-8-4-5-9-15(14)17;1-2-4-5-3-1/h1-3,6-7,14-16H,4-5,8-12H2;5H,1-4H2. The third-order valence-electron chi connectivity index (χ3n) is 5.19. The molecule has 122 valence electrons. The number of piperazine rings is 1. The Labute approximate surface area is 135 Å². The van der Waals surface area contributed by atoms with Gasteiger partial charge in [0.2, 0.25) is 0 Å². The van der Waals surface area contributed by atoms with E-state index in [-0.39, 0.29) is 0 Å². The maximum atomic E-state index is 3.70. The first-order chi connectivity index (χ1) is 10.9. The Morgan fingerprint density at radius 1 is 0.909 bits per heavy atom. The lowest BCUT2D eigenvalue weighted by Crippen LogP contribution is -2.58. The van der Waals surface area contributed by atoms with E-state index in [1.54, 1.807) is 0 Å². The van der Waals surface area contributed by atoms with E-state index in [9.17, 15) is 0 Å². The molecule has 0 aromatic heterocycles. The normalized spacial score (nSPS) is 28.5. The van der Waals surface area contributed by atoms with Gasteiger partial charge in [-0.05, 0) is 44.3 Å². The monoisotopic (exact) mass is 301 g/mol. The zero-order valence-corrected chi connectivity index (χ0v) is 13.8. The zero-order chi connectivity index (χ0) is 15.0. The minimum atomic E-state index is 0.751. The van der Waals surface area contributed by atoms with Crippen molar-refractivity contribution >= 4 is 0 Å². The molecule has 0 amide bonds. The van der Waals surface area contributed by atoms with Gasteiger partial charge >= 0.3 is 0 Å². The highest BCUT2D eigenvalue weighted by Crippen LogP contribution is 2.26. The van der Waals surface area contributed by atoms with E-state index < -0.39 is 0 Å². The molecule has 2 heterocycles. The smallest absolute Gasteiger partial charge is 0.0253 e. The lowest BCUT2D eigenvalue weighted by Gasteiger charge is -2.44. The number of nitrogens with one attached hydrogen (secondary N) is 2. The van der Waals surface area contributed by atoms with Crippen molar-refractivity contribution in [3.63, 3.8) is 0 Å². The van der Waals surface area contributed by atoms with Crippen molar-refractivity contribution in [2.24, 2.45) is 0 Å². The van der Waals surface area contributed by atoms with Crippen molar-refractivity contribution < 1.29 is 0 Å². The maximum absolute atomic E-state index is 3.70. The van der Waals surface area contributed by atoms with Crippen LogP contribution in [0.15, 0.2) is 30.3 Å². The summed E-state index contributed by atoms with van der Waals surface area (Å²) in [4.78, 5) is 2.69. The van der Waals surface area contributed by atoms with Crippen molar-refractivity contribution in [3.05, 3.63) is 35.9 Å². The third-order valence-corrected chi connectivity index (χ3v) is 5.19. The SMILES string of the molecule is C1CCNC1.c1ccc(CN2CCNC3CCCCC32)cc1. The fraction of sp³-hybridized carbons (Fsp3) is 0.684. The molecule has 0 bridgehead atoms. The molecule has 2 atom stereocenters. The molecular formula is C19H31N3. The first-order valence-corrected chi connectivity index (χ1v) is 9.15. The van der Waals surface area contributed by atoms with Crippen LogP contribution in [0.4, 0.5) is 0 Å². The molecule has 2 unspecified atom stereocenters. The van der Waals surface area contributed by atoms with Crippen LogP contribution < -0.4 is 10.6 Å². The average molecular weight is 301 g/mol. The van der Waals surface area contributed by atoms with Crippen LogP contribution in [0.5, 0.6) is 0 Å².